The summed E-state index contributed by atoms with van der Waals surface area (Å²) in [4.78, 5) is 30.8. The van der Waals surface area contributed by atoms with Crippen LogP contribution in [0.1, 0.15) is 42.6 Å². The van der Waals surface area contributed by atoms with E-state index in [1.807, 2.05) is 13.2 Å². The maximum atomic E-state index is 13.1. The van der Waals surface area contributed by atoms with Gasteiger partial charge in [-0.15, -0.1) is 11.3 Å². The van der Waals surface area contributed by atoms with E-state index in [0.29, 0.717) is 18.0 Å². The predicted molar refractivity (Wildman–Crippen MR) is 92.3 cm³/mol. The zero-order valence-electron chi connectivity index (χ0n) is 14.0. The highest BCUT2D eigenvalue weighted by atomic mass is 32.1. The molecule has 2 aromatic rings. The molecule has 0 unspecified atom stereocenters. The van der Waals surface area contributed by atoms with Gasteiger partial charge in [0.25, 0.3) is 5.91 Å². The maximum Gasteiger partial charge on any atom is 0.326 e. The second kappa shape index (κ2) is 6.25. The maximum absolute atomic E-state index is 13.1. The lowest BCUT2D eigenvalue weighted by Gasteiger charge is -2.32. The highest BCUT2D eigenvalue weighted by Crippen LogP contribution is 2.40. The number of carboxylic acids is 1. The molecule has 8 heteroatoms. The Hall–Kier alpha value is -2.22. The first-order valence-electron chi connectivity index (χ1n) is 8.54. The van der Waals surface area contributed by atoms with Gasteiger partial charge in [-0.05, 0) is 25.2 Å². The summed E-state index contributed by atoms with van der Waals surface area (Å²) in [6.45, 7) is 0. The zero-order chi connectivity index (χ0) is 17.6. The highest BCUT2D eigenvalue weighted by Gasteiger charge is 2.48. The van der Waals surface area contributed by atoms with Gasteiger partial charge in [-0.2, -0.15) is 5.10 Å². The molecule has 0 bridgehead atoms. The van der Waals surface area contributed by atoms with Gasteiger partial charge in [0.1, 0.15) is 16.7 Å². The van der Waals surface area contributed by atoms with Crippen LogP contribution in [-0.4, -0.2) is 48.7 Å². The van der Waals surface area contributed by atoms with Crippen molar-refractivity contribution < 1.29 is 14.7 Å². The average Bonchev–Trinajstić information content (AvgIpc) is 3.31. The van der Waals surface area contributed by atoms with Crippen LogP contribution in [0.5, 0.6) is 0 Å². The number of carbonyl (C=O) groups is 2. The number of amides is 1. The Kier molecular flexibility index (Phi) is 4.07. The van der Waals surface area contributed by atoms with Crippen LogP contribution in [0.25, 0.3) is 10.6 Å². The minimum Gasteiger partial charge on any atom is -0.480 e. The number of aliphatic carboxylic acids is 1. The Morgan fingerprint density at radius 2 is 2.12 bits per heavy atom. The molecule has 132 valence electrons. The van der Waals surface area contributed by atoms with Crippen molar-refractivity contribution in [3.8, 4) is 10.6 Å². The van der Waals surface area contributed by atoms with E-state index in [-0.39, 0.29) is 11.9 Å². The summed E-state index contributed by atoms with van der Waals surface area (Å²) in [6, 6.07) is -0.699. The normalized spacial score (nSPS) is 25.8. The number of likely N-dealkylation sites (tertiary alicyclic amines) is 1. The van der Waals surface area contributed by atoms with Crippen molar-refractivity contribution in [1.82, 2.24) is 19.7 Å². The van der Waals surface area contributed by atoms with Crippen molar-refractivity contribution in [3.63, 3.8) is 0 Å². The monoisotopic (exact) mass is 360 g/mol. The summed E-state index contributed by atoms with van der Waals surface area (Å²) >= 11 is 1.38. The van der Waals surface area contributed by atoms with Gasteiger partial charge in [0.15, 0.2) is 0 Å². The Balaban J connectivity index is 1.62. The van der Waals surface area contributed by atoms with Gasteiger partial charge >= 0.3 is 5.97 Å². The van der Waals surface area contributed by atoms with Crippen molar-refractivity contribution in [3.05, 3.63) is 23.5 Å². The summed E-state index contributed by atoms with van der Waals surface area (Å²) in [7, 11) is 1.83. The summed E-state index contributed by atoms with van der Waals surface area (Å²) in [6.07, 6.45) is 8.19. The predicted octanol–water partition coefficient (Wildman–Crippen LogP) is 2.40. The molecule has 0 aromatic carbocycles. The Morgan fingerprint density at radius 1 is 1.32 bits per heavy atom. The van der Waals surface area contributed by atoms with Gasteiger partial charge in [-0.3, -0.25) is 9.48 Å². The minimum atomic E-state index is -0.912. The van der Waals surface area contributed by atoms with Crippen LogP contribution >= 0.6 is 11.3 Å². The summed E-state index contributed by atoms with van der Waals surface area (Å²) in [5, 5.41) is 16.2. The fraction of sp³-hybridized carbons (Fsp3) is 0.529. The molecule has 7 nitrogen and oxygen atoms in total. The van der Waals surface area contributed by atoms with Crippen molar-refractivity contribution in [2.45, 2.75) is 44.2 Å². The second-order valence-electron chi connectivity index (χ2n) is 6.85. The Bertz CT molecular complexity index is 814. The number of carbonyl (C=O) groups excluding carboxylic acids is 1. The molecular weight excluding hydrogens is 340 g/mol. The molecule has 2 aliphatic rings. The molecule has 2 aromatic heterocycles. The van der Waals surface area contributed by atoms with E-state index in [1.165, 1.54) is 11.3 Å². The molecule has 1 amide bonds. The lowest BCUT2D eigenvalue weighted by molar-refractivity contribution is -0.141. The van der Waals surface area contributed by atoms with Crippen LogP contribution in [0.4, 0.5) is 0 Å². The number of rotatable bonds is 3. The van der Waals surface area contributed by atoms with Gasteiger partial charge in [-0.1, -0.05) is 12.8 Å². The minimum absolute atomic E-state index is 0.0332. The molecule has 25 heavy (non-hydrogen) atoms. The molecule has 0 radical (unpaired) electrons. The fourth-order valence-corrected chi connectivity index (χ4v) is 4.91. The van der Waals surface area contributed by atoms with Gasteiger partial charge in [0, 0.05) is 30.2 Å². The molecule has 0 spiro atoms. The lowest BCUT2D eigenvalue weighted by Crippen LogP contribution is -2.46. The Morgan fingerprint density at radius 3 is 2.84 bits per heavy atom. The third-order valence-corrected chi connectivity index (χ3v) is 6.17. The first kappa shape index (κ1) is 16.3. The third kappa shape index (κ3) is 2.84. The van der Waals surface area contributed by atoms with Crippen LogP contribution in [-0.2, 0) is 11.8 Å². The van der Waals surface area contributed by atoms with E-state index >= 15 is 0 Å². The highest BCUT2D eigenvalue weighted by molar-refractivity contribution is 7.13. The fourth-order valence-electron chi connectivity index (χ4n) is 4.14. The number of nitrogens with zero attached hydrogens (tertiary/aromatic N) is 4. The van der Waals surface area contributed by atoms with Crippen LogP contribution in [0, 0.1) is 5.92 Å². The molecule has 1 aliphatic heterocycles. The smallest absolute Gasteiger partial charge is 0.326 e. The summed E-state index contributed by atoms with van der Waals surface area (Å²) in [5.41, 5.74) is 1.19. The number of hydrogen-bond donors (Lipinski definition) is 1. The zero-order valence-corrected chi connectivity index (χ0v) is 14.8. The number of thiazole rings is 1. The number of hydrogen-bond acceptors (Lipinski definition) is 5. The van der Waals surface area contributed by atoms with Crippen LogP contribution in [0.2, 0.25) is 0 Å². The van der Waals surface area contributed by atoms with Gasteiger partial charge in [-0.25, -0.2) is 9.78 Å². The first-order valence-corrected chi connectivity index (χ1v) is 9.42. The van der Waals surface area contributed by atoms with Gasteiger partial charge < -0.3 is 10.0 Å². The van der Waals surface area contributed by atoms with E-state index in [9.17, 15) is 14.7 Å². The van der Waals surface area contributed by atoms with E-state index < -0.39 is 12.0 Å². The molecule has 1 aliphatic carbocycles. The standard InChI is InChI=1S/C17H20N4O3S/c1-20-8-11(7-18-20)15-19-12(9-25-15)16(22)21-13-5-3-2-4-10(13)6-14(21)17(23)24/h7-10,13-14H,2-6H2,1H3,(H,23,24)/t10-,13-,14-/m0/s1. The lowest BCUT2D eigenvalue weighted by atomic mass is 9.84. The molecule has 1 N–H and O–H groups in total. The topological polar surface area (TPSA) is 88.3 Å². The van der Waals surface area contributed by atoms with Crippen LogP contribution < -0.4 is 0 Å². The molecule has 3 heterocycles. The number of fused-ring (bicyclic) bond motifs is 1. The van der Waals surface area contributed by atoms with E-state index in [0.717, 1.165) is 36.3 Å². The van der Waals surface area contributed by atoms with Crippen molar-refractivity contribution in [2.75, 3.05) is 0 Å². The largest absolute Gasteiger partial charge is 0.480 e. The molecule has 1 saturated carbocycles. The molecule has 2 fully saturated rings. The molecular formula is C17H20N4O3S. The number of carboxylic acid groups (broad SMARTS) is 1. The second-order valence-corrected chi connectivity index (χ2v) is 7.71. The number of aromatic nitrogens is 3. The molecule has 4 rings (SSSR count). The average molecular weight is 360 g/mol. The SMILES string of the molecule is Cn1cc(-c2nc(C(=O)N3[C@H](C(=O)O)C[C@@H]4CCCC[C@@H]43)cs2)cn1. The third-order valence-electron chi connectivity index (χ3n) is 5.28. The van der Waals surface area contributed by atoms with E-state index in [1.54, 1.807) is 21.2 Å². The van der Waals surface area contributed by atoms with Crippen molar-refractivity contribution in [1.29, 1.82) is 0 Å². The quantitative estimate of drug-likeness (QED) is 0.908. The van der Waals surface area contributed by atoms with E-state index in [4.69, 9.17) is 0 Å². The molecule has 1 saturated heterocycles. The Labute approximate surface area is 149 Å². The summed E-state index contributed by atoms with van der Waals surface area (Å²) in [5.74, 6) is -0.867. The van der Waals surface area contributed by atoms with Gasteiger partial charge in [0.2, 0.25) is 0 Å². The van der Waals surface area contributed by atoms with Crippen LogP contribution in [0.15, 0.2) is 17.8 Å². The van der Waals surface area contributed by atoms with E-state index in [2.05, 4.69) is 10.1 Å². The summed E-state index contributed by atoms with van der Waals surface area (Å²) < 4.78 is 1.69. The van der Waals surface area contributed by atoms with Crippen molar-refractivity contribution in [2.24, 2.45) is 13.0 Å². The van der Waals surface area contributed by atoms with Crippen LogP contribution in [0.3, 0.4) is 0 Å². The first-order chi connectivity index (χ1) is 12.0. The van der Waals surface area contributed by atoms with Gasteiger partial charge in [0.05, 0.1) is 6.20 Å². The number of aryl methyl sites for hydroxylation is 1. The van der Waals surface area contributed by atoms with Crippen molar-refractivity contribution >= 4 is 23.2 Å². The molecule has 3 atom stereocenters.